The van der Waals surface area contributed by atoms with Crippen molar-refractivity contribution in [3.05, 3.63) is 54.1 Å². The highest BCUT2D eigenvalue weighted by molar-refractivity contribution is 7.92. The molecule has 0 amide bonds. The largest absolute Gasteiger partial charge is 0.324 e. The molecule has 20 heavy (non-hydrogen) atoms. The Bertz CT molecular complexity index is 700. The number of hydrogen-bond donors (Lipinski definition) is 2. The third kappa shape index (κ3) is 3.12. The van der Waals surface area contributed by atoms with Gasteiger partial charge in [-0.1, -0.05) is 12.1 Å². The van der Waals surface area contributed by atoms with Crippen molar-refractivity contribution in [3.63, 3.8) is 0 Å². The van der Waals surface area contributed by atoms with Crippen LogP contribution in [-0.2, 0) is 10.0 Å². The molecular weight excluding hydrogens is 281 g/mol. The molecule has 1 heterocycles. The van der Waals surface area contributed by atoms with Crippen LogP contribution in [0.5, 0.6) is 0 Å². The van der Waals surface area contributed by atoms with Gasteiger partial charge in [0.15, 0.2) is 5.82 Å². The molecule has 0 spiro atoms. The molecule has 5 nitrogen and oxygen atoms in total. The maximum atomic E-state index is 13.4. The Labute approximate surface area is 116 Å². The van der Waals surface area contributed by atoms with E-state index in [9.17, 15) is 12.8 Å². The standard InChI is InChI=1S/C13H14FN3O2S/c1-9(15)10-2-4-11(5-3-10)20(18,19)17-13-6-7-16-8-12(13)14/h2-9H,15H2,1H3,(H,16,17). The molecule has 0 saturated heterocycles. The van der Waals surface area contributed by atoms with Gasteiger partial charge in [0.1, 0.15) is 0 Å². The minimum atomic E-state index is -3.84. The first-order chi connectivity index (χ1) is 9.40. The predicted octanol–water partition coefficient (Wildman–Crippen LogP) is 2.04. The Kier molecular flexibility index (Phi) is 4.01. The number of halogens is 1. The Morgan fingerprint density at radius 3 is 2.45 bits per heavy atom. The Balaban J connectivity index is 2.29. The molecule has 0 aliphatic rings. The van der Waals surface area contributed by atoms with Crippen molar-refractivity contribution in [2.24, 2.45) is 5.73 Å². The highest BCUT2D eigenvalue weighted by atomic mass is 32.2. The van der Waals surface area contributed by atoms with Gasteiger partial charge in [-0.3, -0.25) is 9.71 Å². The Morgan fingerprint density at radius 1 is 1.25 bits per heavy atom. The second-order valence-corrected chi connectivity index (χ2v) is 6.00. The van der Waals surface area contributed by atoms with E-state index in [1.54, 1.807) is 19.1 Å². The van der Waals surface area contributed by atoms with E-state index in [0.29, 0.717) is 0 Å². The maximum Gasteiger partial charge on any atom is 0.261 e. The van der Waals surface area contributed by atoms with E-state index in [-0.39, 0.29) is 16.6 Å². The van der Waals surface area contributed by atoms with Gasteiger partial charge in [0, 0.05) is 12.2 Å². The normalized spacial score (nSPS) is 12.9. The Hall–Kier alpha value is -1.99. The molecule has 7 heteroatoms. The van der Waals surface area contributed by atoms with Crippen molar-refractivity contribution in [1.82, 2.24) is 4.98 Å². The molecule has 2 rings (SSSR count). The second-order valence-electron chi connectivity index (χ2n) is 4.32. The van der Waals surface area contributed by atoms with Gasteiger partial charge in [-0.05, 0) is 30.7 Å². The third-order valence-electron chi connectivity index (χ3n) is 2.73. The second kappa shape index (κ2) is 5.56. The average molecular weight is 295 g/mol. The summed E-state index contributed by atoms with van der Waals surface area (Å²) < 4.78 is 39.8. The maximum absolute atomic E-state index is 13.4. The number of aromatic nitrogens is 1. The number of nitrogens with one attached hydrogen (secondary N) is 1. The number of benzene rings is 1. The molecule has 1 atom stereocenters. The van der Waals surface area contributed by atoms with Crippen LogP contribution in [-0.4, -0.2) is 13.4 Å². The SMILES string of the molecule is CC(N)c1ccc(S(=O)(=O)Nc2ccncc2F)cc1. The molecular formula is C13H14FN3O2S. The van der Waals surface area contributed by atoms with Gasteiger partial charge < -0.3 is 5.73 Å². The number of nitrogens with two attached hydrogens (primary N) is 1. The van der Waals surface area contributed by atoms with Gasteiger partial charge in [0.25, 0.3) is 10.0 Å². The lowest BCUT2D eigenvalue weighted by atomic mass is 10.1. The molecule has 0 aliphatic heterocycles. The zero-order valence-corrected chi connectivity index (χ0v) is 11.6. The minimum Gasteiger partial charge on any atom is -0.324 e. The summed E-state index contributed by atoms with van der Waals surface area (Å²) in [5.41, 5.74) is 6.37. The summed E-state index contributed by atoms with van der Waals surface area (Å²) in [6.07, 6.45) is 2.25. The fraction of sp³-hybridized carbons (Fsp3) is 0.154. The van der Waals surface area contributed by atoms with Gasteiger partial charge in [-0.2, -0.15) is 0 Å². The van der Waals surface area contributed by atoms with Crippen molar-refractivity contribution in [3.8, 4) is 0 Å². The van der Waals surface area contributed by atoms with E-state index in [0.717, 1.165) is 11.8 Å². The van der Waals surface area contributed by atoms with E-state index in [4.69, 9.17) is 5.73 Å². The van der Waals surface area contributed by atoms with Crippen LogP contribution in [0.15, 0.2) is 47.6 Å². The molecule has 1 aromatic heterocycles. The molecule has 106 valence electrons. The lowest BCUT2D eigenvalue weighted by Gasteiger charge is -2.10. The van der Waals surface area contributed by atoms with E-state index in [1.807, 2.05) is 0 Å². The highest BCUT2D eigenvalue weighted by Gasteiger charge is 2.16. The summed E-state index contributed by atoms with van der Waals surface area (Å²) in [5.74, 6) is -0.733. The summed E-state index contributed by atoms with van der Waals surface area (Å²) >= 11 is 0. The van der Waals surface area contributed by atoms with Crippen molar-refractivity contribution in [1.29, 1.82) is 0 Å². The molecule has 2 aromatic rings. The molecule has 1 aromatic carbocycles. The monoisotopic (exact) mass is 295 g/mol. The van der Waals surface area contributed by atoms with Crippen molar-refractivity contribution >= 4 is 15.7 Å². The number of rotatable bonds is 4. The molecule has 0 saturated carbocycles. The Morgan fingerprint density at radius 2 is 1.90 bits per heavy atom. The van der Waals surface area contributed by atoms with E-state index >= 15 is 0 Å². The number of sulfonamides is 1. The summed E-state index contributed by atoms with van der Waals surface area (Å²) in [7, 11) is -3.84. The lowest BCUT2D eigenvalue weighted by Crippen LogP contribution is -2.14. The number of pyridine rings is 1. The van der Waals surface area contributed by atoms with Crippen molar-refractivity contribution < 1.29 is 12.8 Å². The zero-order chi connectivity index (χ0) is 14.8. The minimum absolute atomic E-state index is 0.0399. The van der Waals surface area contributed by atoms with E-state index in [1.165, 1.54) is 24.4 Å². The van der Waals surface area contributed by atoms with Crippen LogP contribution in [0.2, 0.25) is 0 Å². The smallest absolute Gasteiger partial charge is 0.261 e. The zero-order valence-electron chi connectivity index (χ0n) is 10.7. The quantitative estimate of drug-likeness (QED) is 0.904. The summed E-state index contributed by atoms with van der Waals surface area (Å²) in [6, 6.07) is 7.19. The third-order valence-corrected chi connectivity index (χ3v) is 4.11. The van der Waals surface area contributed by atoms with Gasteiger partial charge >= 0.3 is 0 Å². The van der Waals surface area contributed by atoms with Gasteiger partial charge in [-0.15, -0.1) is 0 Å². The number of hydrogen-bond acceptors (Lipinski definition) is 4. The van der Waals surface area contributed by atoms with Gasteiger partial charge in [-0.25, -0.2) is 12.8 Å². The van der Waals surface area contributed by atoms with Crippen LogP contribution in [0.25, 0.3) is 0 Å². The fourth-order valence-corrected chi connectivity index (χ4v) is 2.68. The van der Waals surface area contributed by atoms with Crippen LogP contribution in [0, 0.1) is 5.82 Å². The summed E-state index contributed by atoms with van der Waals surface area (Å²) in [5, 5.41) is 0. The fourth-order valence-electron chi connectivity index (χ4n) is 1.61. The van der Waals surface area contributed by atoms with Crippen LogP contribution in [0.4, 0.5) is 10.1 Å². The summed E-state index contributed by atoms with van der Waals surface area (Å²) in [4.78, 5) is 3.59. The average Bonchev–Trinajstić information content (AvgIpc) is 2.41. The molecule has 0 bridgehead atoms. The predicted molar refractivity (Wildman–Crippen MR) is 74.0 cm³/mol. The van der Waals surface area contributed by atoms with Crippen LogP contribution < -0.4 is 10.5 Å². The molecule has 0 fully saturated rings. The number of nitrogens with zero attached hydrogens (tertiary/aromatic N) is 1. The van der Waals surface area contributed by atoms with E-state index in [2.05, 4.69) is 9.71 Å². The van der Waals surface area contributed by atoms with Crippen LogP contribution in [0.3, 0.4) is 0 Å². The number of anilines is 1. The lowest BCUT2D eigenvalue weighted by molar-refractivity contribution is 0.598. The summed E-state index contributed by atoms with van der Waals surface area (Å²) in [6.45, 7) is 1.80. The van der Waals surface area contributed by atoms with Gasteiger partial charge in [0.05, 0.1) is 16.8 Å². The first-order valence-corrected chi connectivity index (χ1v) is 7.36. The molecule has 1 unspecified atom stereocenters. The first kappa shape index (κ1) is 14.4. The molecule has 0 radical (unpaired) electrons. The first-order valence-electron chi connectivity index (χ1n) is 5.88. The highest BCUT2D eigenvalue weighted by Crippen LogP contribution is 2.19. The van der Waals surface area contributed by atoms with Crippen molar-refractivity contribution in [2.75, 3.05) is 4.72 Å². The van der Waals surface area contributed by atoms with Gasteiger partial charge in [0.2, 0.25) is 0 Å². The topological polar surface area (TPSA) is 85.1 Å². The van der Waals surface area contributed by atoms with E-state index < -0.39 is 15.8 Å². The van der Waals surface area contributed by atoms with Crippen molar-refractivity contribution in [2.45, 2.75) is 17.9 Å². The molecule has 0 aliphatic carbocycles. The van der Waals surface area contributed by atoms with Crippen LogP contribution in [0.1, 0.15) is 18.5 Å². The molecule has 3 N–H and O–H groups in total. The van der Waals surface area contributed by atoms with Crippen LogP contribution >= 0.6 is 0 Å².